The molecule has 6 heteroatoms. The van der Waals surface area contributed by atoms with Gasteiger partial charge in [-0.25, -0.2) is 4.79 Å². The molecule has 2 N–H and O–H groups in total. The number of rotatable bonds is 6. The van der Waals surface area contributed by atoms with E-state index in [1.165, 1.54) is 6.08 Å². The first-order valence-corrected chi connectivity index (χ1v) is 6.33. The third kappa shape index (κ3) is 5.56. The van der Waals surface area contributed by atoms with Gasteiger partial charge < -0.3 is 15.2 Å². The topological polar surface area (TPSA) is 75.6 Å². The van der Waals surface area contributed by atoms with Crippen LogP contribution in [0.5, 0.6) is 0 Å². The van der Waals surface area contributed by atoms with Crippen molar-refractivity contribution in [1.82, 2.24) is 5.32 Å². The van der Waals surface area contributed by atoms with E-state index in [2.05, 4.69) is 27.8 Å². The van der Waals surface area contributed by atoms with E-state index in [-0.39, 0.29) is 13.0 Å². The van der Waals surface area contributed by atoms with Crippen LogP contribution in [0.1, 0.15) is 18.0 Å². The van der Waals surface area contributed by atoms with Crippen LogP contribution in [0.25, 0.3) is 0 Å². The maximum absolute atomic E-state index is 11.5. The highest BCUT2D eigenvalue weighted by Gasteiger charge is 2.18. The highest BCUT2D eigenvalue weighted by atomic mass is 79.9. The summed E-state index contributed by atoms with van der Waals surface area (Å²) in [6.07, 6.45) is 0.546. The van der Waals surface area contributed by atoms with Crippen molar-refractivity contribution in [2.45, 2.75) is 12.5 Å². The van der Waals surface area contributed by atoms with E-state index in [9.17, 15) is 9.59 Å². The average molecular weight is 328 g/mol. The van der Waals surface area contributed by atoms with Crippen molar-refractivity contribution in [2.24, 2.45) is 0 Å². The zero-order valence-electron chi connectivity index (χ0n) is 10.1. The van der Waals surface area contributed by atoms with Gasteiger partial charge in [0.15, 0.2) is 0 Å². The van der Waals surface area contributed by atoms with Crippen LogP contribution in [0.3, 0.4) is 0 Å². The van der Waals surface area contributed by atoms with Crippen molar-refractivity contribution in [3.8, 4) is 0 Å². The Bertz CT molecular complexity index is 458. The summed E-state index contributed by atoms with van der Waals surface area (Å²) in [5.41, 5.74) is 0.696. The van der Waals surface area contributed by atoms with Crippen LogP contribution < -0.4 is 5.32 Å². The molecule has 5 nitrogen and oxygen atoms in total. The average Bonchev–Trinajstić information content (AvgIpc) is 2.36. The minimum atomic E-state index is -1.00. The number of hydrogen-bond acceptors (Lipinski definition) is 3. The van der Waals surface area contributed by atoms with Gasteiger partial charge in [-0.15, -0.1) is 0 Å². The van der Waals surface area contributed by atoms with E-state index < -0.39 is 18.1 Å². The van der Waals surface area contributed by atoms with Gasteiger partial charge in [-0.1, -0.05) is 40.7 Å². The van der Waals surface area contributed by atoms with E-state index in [1.54, 1.807) is 24.3 Å². The number of halogens is 1. The summed E-state index contributed by atoms with van der Waals surface area (Å²) in [6.45, 7) is 3.50. The van der Waals surface area contributed by atoms with Gasteiger partial charge >= 0.3 is 12.1 Å². The van der Waals surface area contributed by atoms with Gasteiger partial charge in [-0.3, -0.25) is 4.79 Å². The lowest BCUT2D eigenvalue weighted by Gasteiger charge is -2.17. The molecule has 0 saturated carbocycles. The first-order chi connectivity index (χ1) is 9.02. The summed E-state index contributed by atoms with van der Waals surface area (Å²) < 4.78 is 5.65. The fourth-order valence-corrected chi connectivity index (χ4v) is 1.70. The van der Waals surface area contributed by atoms with Crippen molar-refractivity contribution in [3.63, 3.8) is 0 Å². The first-order valence-electron chi connectivity index (χ1n) is 5.54. The molecule has 102 valence electrons. The van der Waals surface area contributed by atoms with E-state index in [4.69, 9.17) is 9.84 Å². The number of alkyl carbamates (subject to hydrolysis) is 1. The lowest BCUT2D eigenvalue weighted by atomic mass is 10.0. The van der Waals surface area contributed by atoms with E-state index in [0.29, 0.717) is 5.56 Å². The molecule has 0 aliphatic rings. The van der Waals surface area contributed by atoms with Gasteiger partial charge in [0.25, 0.3) is 0 Å². The van der Waals surface area contributed by atoms with E-state index >= 15 is 0 Å². The number of ether oxygens (including phenoxy) is 1. The van der Waals surface area contributed by atoms with Gasteiger partial charge in [0, 0.05) is 4.47 Å². The van der Waals surface area contributed by atoms with Crippen molar-refractivity contribution in [1.29, 1.82) is 0 Å². The van der Waals surface area contributed by atoms with Gasteiger partial charge in [-0.05, 0) is 17.7 Å². The molecule has 0 heterocycles. The van der Waals surface area contributed by atoms with E-state index in [1.807, 2.05) is 0 Å². The number of carbonyl (C=O) groups excluding carboxylic acids is 1. The van der Waals surface area contributed by atoms with Crippen molar-refractivity contribution < 1.29 is 19.4 Å². The minimum Gasteiger partial charge on any atom is -0.481 e. The summed E-state index contributed by atoms with van der Waals surface area (Å²) in [6, 6.07) is 6.40. The Morgan fingerprint density at radius 2 is 2.05 bits per heavy atom. The molecule has 1 aromatic rings. The lowest BCUT2D eigenvalue weighted by Crippen LogP contribution is -2.30. The fourth-order valence-electron chi connectivity index (χ4n) is 1.44. The van der Waals surface area contributed by atoms with Crippen LogP contribution >= 0.6 is 15.9 Å². The molecule has 0 spiro atoms. The third-order valence-electron chi connectivity index (χ3n) is 2.28. The molecule has 0 saturated heterocycles. The molecule has 0 aromatic heterocycles. The summed E-state index contributed by atoms with van der Waals surface area (Å²) in [4.78, 5) is 22.3. The van der Waals surface area contributed by atoms with Gasteiger partial charge in [0.05, 0.1) is 12.5 Å². The van der Waals surface area contributed by atoms with Gasteiger partial charge in [-0.2, -0.15) is 0 Å². The number of aliphatic carboxylic acids is 1. The Kier molecular flexibility index (Phi) is 6.08. The Labute approximate surface area is 119 Å². The Morgan fingerprint density at radius 3 is 2.58 bits per heavy atom. The van der Waals surface area contributed by atoms with Crippen LogP contribution in [0.15, 0.2) is 41.4 Å². The predicted molar refractivity (Wildman–Crippen MR) is 73.8 cm³/mol. The summed E-state index contributed by atoms with van der Waals surface area (Å²) >= 11 is 3.29. The molecule has 1 amide bonds. The monoisotopic (exact) mass is 327 g/mol. The fraction of sp³-hybridized carbons (Fsp3) is 0.231. The SMILES string of the molecule is C=CCOC(=O)NC(CC(=O)O)c1ccc(Br)cc1. The lowest BCUT2D eigenvalue weighted by molar-refractivity contribution is -0.137. The normalized spacial score (nSPS) is 11.4. The highest BCUT2D eigenvalue weighted by molar-refractivity contribution is 9.10. The number of nitrogens with one attached hydrogen (secondary N) is 1. The second-order valence-electron chi connectivity index (χ2n) is 3.73. The second-order valence-corrected chi connectivity index (χ2v) is 4.65. The maximum atomic E-state index is 11.5. The molecule has 0 aliphatic carbocycles. The maximum Gasteiger partial charge on any atom is 0.407 e. The smallest absolute Gasteiger partial charge is 0.407 e. The largest absolute Gasteiger partial charge is 0.481 e. The molecular formula is C13H14BrNO4. The molecule has 1 atom stereocenters. The molecular weight excluding hydrogens is 314 g/mol. The molecule has 0 bridgehead atoms. The number of benzene rings is 1. The molecule has 19 heavy (non-hydrogen) atoms. The van der Waals surface area contributed by atoms with Crippen LogP contribution in [-0.2, 0) is 9.53 Å². The van der Waals surface area contributed by atoms with Crippen molar-refractivity contribution >= 4 is 28.0 Å². The number of carboxylic acids is 1. The Hall–Kier alpha value is -1.82. The van der Waals surface area contributed by atoms with Crippen molar-refractivity contribution in [2.75, 3.05) is 6.61 Å². The van der Waals surface area contributed by atoms with Crippen molar-refractivity contribution in [3.05, 3.63) is 47.0 Å². The summed E-state index contributed by atoms with van der Waals surface area (Å²) in [7, 11) is 0. The summed E-state index contributed by atoms with van der Waals surface area (Å²) in [5.74, 6) is -1.00. The molecule has 1 aromatic carbocycles. The first kappa shape index (κ1) is 15.2. The quantitative estimate of drug-likeness (QED) is 0.788. The standard InChI is InChI=1S/C13H14BrNO4/c1-2-7-19-13(18)15-11(8-12(16)17)9-3-5-10(14)6-4-9/h2-6,11H,1,7-8H2,(H,15,18)(H,16,17). The zero-order chi connectivity index (χ0) is 14.3. The number of hydrogen-bond donors (Lipinski definition) is 2. The van der Waals surface area contributed by atoms with Gasteiger partial charge in [0.2, 0.25) is 0 Å². The molecule has 1 rings (SSSR count). The Balaban J connectivity index is 2.76. The van der Waals surface area contributed by atoms with Gasteiger partial charge in [0.1, 0.15) is 6.61 Å². The molecule has 0 radical (unpaired) electrons. The van der Waals surface area contributed by atoms with E-state index in [0.717, 1.165) is 4.47 Å². The van der Waals surface area contributed by atoms with Crippen LogP contribution in [0.4, 0.5) is 4.79 Å². The highest BCUT2D eigenvalue weighted by Crippen LogP contribution is 2.19. The second kappa shape index (κ2) is 7.58. The number of carboxylic acid groups (broad SMARTS) is 1. The Morgan fingerprint density at radius 1 is 1.42 bits per heavy atom. The van der Waals surface area contributed by atoms with Crippen LogP contribution in [0, 0.1) is 0 Å². The predicted octanol–water partition coefficient (Wildman–Crippen LogP) is 2.88. The zero-order valence-corrected chi connectivity index (χ0v) is 11.7. The summed E-state index contributed by atoms with van der Waals surface area (Å²) in [5, 5.41) is 11.4. The number of amides is 1. The van der Waals surface area contributed by atoms with Crippen LogP contribution in [-0.4, -0.2) is 23.8 Å². The minimum absolute atomic E-state index is 0.0754. The third-order valence-corrected chi connectivity index (χ3v) is 2.80. The molecule has 1 unspecified atom stereocenters. The van der Waals surface area contributed by atoms with Crippen LogP contribution in [0.2, 0.25) is 0 Å². The number of carbonyl (C=O) groups is 2. The molecule has 0 aliphatic heterocycles. The molecule has 0 fully saturated rings.